The fraction of sp³-hybridized carbons (Fsp3) is 0.200. The van der Waals surface area contributed by atoms with Crippen molar-refractivity contribution in [3.63, 3.8) is 0 Å². The zero-order chi connectivity index (χ0) is 20.3. The molecule has 7 nitrogen and oxygen atoms in total. The minimum atomic E-state index is -4.53. The van der Waals surface area contributed by atoms with E-state index in [9.17, 15) is 23.9 Å². The Kier molecular flexibility index (Phi) is 5.91. The Balaban J connectivity index is 2.14. The number of carbonyl (C=O) groups is 2. The summed E-state index contributed by atoms with van der Waals surface area (Å²) in [5.74, 6) is -0.267. The van der Waals surface area contributed by atoms with Crippen LogP contribution in [0.4, 0.5) is 0 Å². The molecule has 2 aromatic carbocycles. The van der Waals surface area contributed by atoms with Crippen molar-refractivity contribution in [3.05, 3.63) is 71.4 Å². The number of carbonyl (C=O) groups excluding carboxylic acids is 2. The molecule has 146 valence electrons. The normalized spacial score (nSPS) is 12.8. The predicted molar refractivity (Wildman–Crippen MR) is 106 cm³/mol. The Morgan fingerprint density at radius 2 is 1.89 bits per heavy atom. The van der Waals surface area contributed by atoms with E-state index < -0.39 is 13.3 Å². The van der Waals surface area contributed by atoms with E-state index in [1.165, 1.54) is 0 Å². The van der Waals surface area contributed by atoms with E-state index in [1.54, 1.807) is 24.4 Å². The lowest BCUT2D eigenvalue weighted by molar-refractivity contribution is -0.108. The molecule has 0 aliphatic carbocycles. The van der Waals surface area contributed by atoms with Gasteiger partial charge in [0.15, 0.2) is 5.78 Å². The minimum absolute atomic E-state index is 0.176. The number of nitrogens with two attached hydrogens (primary N) is 1. The fourth-order valence-corrected chi connectivity index (χ4v) is 4.23. The largest absolute Gasteiger partial charge is 0.342 e. The first-order valence-electron chi connectivity index (χ1n) is 8.74. The van der Waals surface area contributed by atoms with E-state index in [4.69, 9.17) is 5.73 Å². The molecule has 1 unspecified atom stereocenters. The summed E-state index contributed by atoms with van der Waals surface area (Å²) in [5, 5.41) is 0.563. The Morgan fingerprint density at radius 1 is 1.18 bits per heavy atom. The minimum Gasteiger partial charge on any atom is -0.342 e. The number of benzene rings is 2. The quantitative estimate of drug-likeness (QED) is 0.303. The molecule has 0 saturated carbocycles. The Labute approximate surface area is 161 Å². The summed E-state index contributed by atoms with van der Waals surface area (Å²) in [4.78, 5) is 42.5. The Bertz CT molecular complexity index is 1060. The maximum atomic E-state index is 12.3. The van der Waals surface area contributed by atoms with Crippen LogP contribution in [0.25, 0.3) is 10.9 Å². The molecule has 1 atom stereocenters. The van der Waals surface area contributed by atoms with Crippen LogP contribution in [0.3, 0.4) is 0 Å². The third-order valence-corrected chi connectivity index (χ3v) is 6.02. The molecular formula is C20H21N2O5P. The fourth-order valence-electron chi connectivity index (χ4n) is 3.32. The molecule has 3 rings (SSSR count). The van der Waals surface area contributed by atoms with Gasteiger partial charge < -0.3 is 24.9 Å². The van der Waals surface area contributed by atoms with E-state index in [1.807, 2.05) is 34.9 Å². The van der Waals surface area contributed by atoms with Gasteiger partial charge in [0, 0.05) is 35.6 Å². The molecule has 0 aliphatic heterocycles. The van der Waals surface area contributed by atoms with Crippen molar-refractivity contribution in [2.75, 3.05) is 6.54 Å². The van der Waals surface area contributed by atoms with Gasteiger partial charge in [0.25, 0.3) is 0 Å². The molecule has 0 spiro atoms. The second-order valence-electron chi connectivity index (χ2n) is 6.57. The maximum absolute atomic E-state index is 12.3. The molecule has 8 heteroatoms. The molecule has 28 heavy (non-hydrogen) atoms. The highest BCUT2D eigenvalue weighted by Gasteiger charge is 2.30. The van der Waals surface area contributed by atoms with Gasteiger partial charge >= 0.3 is 7.60 Å². The molecular weight excluding hydrogens is 379 g/mol. The van der Waals surface area contributed by atoms with Gasteiger partial charge in [0.2, 0.25) is 0 Å². The highest BCUT2D eigenvalue weighted by molar-refractivity contribution is 7.52. The Hall–Kier alpha value is -2.57. The number of Topliss-reactive ketones (excluding diaryl/α,β-unsaturated/α-hetero) is 1. The van der Waals surface area contributed by atoms with Crippen LogP contribution in [0.1, 0.15) is 33.6 Å². The van der Waals surface area contributed by atoms with E-state index >= 15 is 0 Å². The lowest BCUT2D eigenvalue weighted by Gasteiger charge is -2.17. The number of ketones is 1. The monoisotopic (exact) mass is 400 g/mol. The molecule has 4 N–H and O–H groups in total. The average Bonchev–Trinajstić information content (AvgIpc) is 3.03. The first-order valence-corrected chi connectivity index (χ1v) is 10.4. The number of hydrogen-bond donors (Lipinski definition) is 3. The molecule has 0 radical (unpaired) electrons. The number of aromatic nitrogens is 1. The van der Waals surface area contributed by atoms with Crippen LogP contribution >= 0.6 is 7.60 Å². The van der Waals surface area contributed by atoms with Crippen LogP contribution in [0.15, 0.2) is 54.7 Å². The van der Waals surface area contributed by atoms with E-state index in [-0.39, 0.29) is 18.7 Å². The number of hydrogen-bond acceptors (Lipinski definition) is 4. The van der Waals surface area contributed by atoms with Crippen molar-refractivity contribution in [2.24, 2.45) is 5.73 Å². The molecule has 0 amide bonds. The maximum Gasteiger partial charge on any atom is 0.333 e. The van der Waals surface area contributed by atoms with Crippen molar-refractivity contribution in [1.29, 1.82) is 0 Å². The van der Waals surface area contributed by atoms with Gasteiger partial charge in [-0.15, -0.1) is 0 Å². The summed E-state index contributed by atoms with van der Waals surface area (Å²) in [5.41, 5.74) is 6.81. The average molecular weight is 400 g/mol. The third kappa shape index (κ3) is 4.13. The standard InChI is InChI=1S/C20H21N2O5P/c21-11-19(24)17-13-22(12-14-4-2-1-3-5-14)18-7-6-15(10-16(17)18)20(8-9-23)28(25,26)27/h1-7,9-10,13,20H,8,11-12,21H2,(H2,25,26,27). The molecule has 0 saturated heterocycles. The van der Waals surface area contributed by atoms with Gasteiger partial charge in [-0.2, -0.15) is 0 Å². The predicted octanol–water partition coefficient (Wildman–Crippen LogP) is 2.64. The van der Waals surface area contributed by atoms with Crippen molar-refractivity contribution in [1.82, 2.24) is 4.57 Å². The number of nitrogens with zero attached hydrogens (tertiary/aromatic N) is 1. The SMILES string of the molecule is NCC(=O)c1cn(Cc2ccccc2)c2ccc(C(CC=O)P(=O)(O)O)cc12. The summed E-state index contributed by atoms with van der Waals surface area (Å²) in [6, 6.07) is 14.6. The van der Waals surface area contributed by atoms with Crippen molar-refractivity contribution in [2.45, 2.75) is 18.6 Å². The smallest absolute Gasteiger partial charge is 0.333 e. The van der Waals surface area contributed by atoms with Gasteiger partial charge in [0.05, 0.1) is 12.2 Å². The number of fused-ring (bicyclic) bond motifs is 1. The lowest BCUT2D eigenvalue weighted by atomic mass is 10.0. The third-order valence-electron chi connectivity index (χ3n) is 4.70. The molecule has 0 aliphatic rings. The van der Waals surface area contributed by atoms with Gasteiger partial charge in [-0.3, -0.25) is 9.36 Å². The molecule has 1 aromatic heterocycles. The summed E-state index contributed by atoms with van der Waals surface area (Å²) in [6.45, 7) is 0.357. The zero-order valence-electron chi connectivity index (χ0n) is 15.1. The number of rotatable bonds is 8. The molecule has 1 heterocycles. The summed E-state index contributed by atoms with van der Waals surface area (Å²) in [6.07, 6.45) is 1.89. The highest BCUT2D eigenvalue weighted by Crippen LogP contribution is 2.53. The Morgan fingerprint density at radius 3 is 2.50 bits per heavy atom. The summed E-state index contributed by atoms with van der Waals surface area (Å²) >= 11 is 0. The number of aldehydes is 1. The highest BCUT2D eigenvalue weighted by atomic mass is 31.2. The van der Waals surface area contributed by atoms with Crippen LogP contribution < -0.4 is 5.73 Å². The molecule has 3 aromatic rings. The van der Waals surface area contributed by atoms with Gasteiger partial charge in [-0.1, -0.05) is 36.4 Å². The second kappa shape index (κ2) is 8.20. The van der Waals surface area contributed by atoms with E-state index in [0.717, 1.165) is 11.1 Å². The summed E-state index contributed by atoms with van der Waals surface area (Å²) < 4.78 is 13.7. The topological polar surface area (TPSA) is 123 Å². The van der Waals surface area contributed by atoms with E-state index in [2.05, 4.69) is 0 Å². The van der Waals surface area contributed by atoms with Crippen LogP contribution in [0.2, 0.25) is 0 Å². The van der Waals surface area contributed by atoms with E-state index in [0.29, 0.717) is 29.3 Å². The lowest BCUT2D eigenvalue weighted by Crippen LogP contribution is -2.13. The van der Waals surface area contributed by atoms with Crippen molar-refractivity contribution < 1.29 is 23.9 Å². The van der Waals surface area contributed by atoms with Crippen LogP contribution in [0.5, 0.6) is 0 Å². The second-order valence-corrected chi connectivity index (χ2v) is 8.37. The first kappa shape index (κ1) is 20.2. The molecule has 0 bridgehead atoms. The van der Waals surface area contributed by atoms with Crippen molar-refractivity contribution in [3.8, 4) is 0 Å². The van der Waals surface area contributed by atoms with Crippen molar-refractivity contribution >= 4 is 30.6 Å². The van der Waals surface area contributed by atoms with Gasteiger partial charge in [-0.05, 0) is 23.3 Å². The van der Waals surface area contributed by atoms with Crippen LogP contribution in [-0.2, 0) is 15.9 Å². The van der Waals surface area contributed by atoms with Gasteiger partial charge in [0.1, 0.15) is 6.29 Å². The van der Waals surface area contributed by atoms with Crippen LogP contribution in [-0.4, -0.2) is 33.0 Å². The molecule has 0 fully saturated rings. The van der Waals surface area contributed by atoms with Crippen LogP contribution in [0, 0.1) is 0 Å². The zero-order valence-corrected chi connectivity index (χ0v) is 16.0. The summed E-state index contributed by atoms with van der Waals surface area (Å²) in [7, 11) is -4.53. The van der Waals surface area contributed by atoms with Gasteiger partial charge in [-0.25, -0.2) is 0 Å². The first-order chi connectivity index (χ1) is 13.3.